The second kappa shape index (κ2) is 9.79. The average Bonchev–Trinajstić information content (AvgIpc) is 3.52. The van der Waals surface area contributed by atoms with Crippen molar-refractivity contribution < 1.29 is 9.53 Å². The van der Waals surface area contributed by atoms with E-state index in [2.05, 4.69) is 11.4 Å². The first-order chi connectivity index (χ1) is 15.2. The van der Waals surface area contributed by atoms with Crippen LogP contribution in [-0.2, 0) is 4.79 Å². The molecule has 0 unspecified atom stereocenters. The first kappa shape index (κ1) is 21.1. The lowest BCUT2D eigenvalue weighted by Crippen LogP contribution is -2.14. The smallest absolute Gasteiger partial charge is 0.234 e. The van der Waals surface area contributed by atoms with E-state index in [4.69, 9.17) is 9.72 Å². The molecule has 1 aromatic carbocycles. The summed E-state index contributed by atoms with van der Waals surface area (Å²) in [7, 11) is 1.60. The van der Waals surface area contributed by atoms with Crippen molar-refractivity contribution in [2.75, 3.05) is 18.2 Å². The molecule has 5 nitrogen and oxygen atoms in total. The third kappa shape index (κ3) is 4.97. The number of nitrogens with zero attached hydrogens (tertiary/aromatic N) is 2. The third-order valence-corrected chi connectivity index (χ3v) is 7.14. The number of anilines is 1. The van der Waals surface area contributed by atoms with Crippen LogP contribution in [0, 0.1) is 11.3 Å². The SMILES string of the molecule is COc1ccc(NC(=O)CSc2nc(-c3cccs3)cc(-c3cccs3)c2C#N)cc1. The Morgan fingerprint density at radius 2 is 1.84 bits per heavy atom. The number of pyridine rings is 1. The van der Waals surface area contributed by atoms with Crippen molar-refractivity contribution in [1.82, 2.24) is 4.98 Å². The van der Waals surface area contributed by atoms with Crippen LogP contribution in [0.15, 0.2) is 70.4 Å². The molecule has 0 radical (unpaired) electrons. The molecule has 8 heteroatoms. The van der Waals surface area contributed by atoms with E-state index < -0.39 is 0 Å². The van der Waals surface area contributed by atoms with Crippen LogP contribution in [0.3, 0.4) is 0 Å². The van der Waals surface area contributed by atoms with Crippen molar-refractivity contribution in [3.05, 3.63) is 70.9 Å². The molecule has 0 aliphatic carbocycles. The highest BCUT2D eigenvalue weighted by Gasteiger charge is 2.18. The molecule has 0 saturated carbocycles. The molecule has 4 rings (SSSR count). The van der Waals surface area contributed by atoms with E-state index in [1.807, 2.05) is 41.1 Å². The first-order valence-electron chi connectivity index (χ1n) is 9.27. The highest BCUT2D eigenvalue weighted by molar-refractivity contribution is 8.00. The number of hydrogen-bond acceptors (Lipinski definition) is 7. The summed E-state index contributed by atoms with van der Waals surface area (Å²) in [4.78, 5) is 19.2. The number of rotatable bonds is 7. The molecule has 1 N–H and O–H groups in total. The van der Waals surface area contributed by atoms with E-state index in [-0.39, 0.29) is 11.7 Å². The Kier molecular flexibility index (Phi) is 6.67. The molecule has 0 aliphatic heterocycles. The predicted octanol–water partition coefficient (Wildman–Crippen LogP) is 6.15. The lowest BCUT2D eigenvalue weighted by atomic mass is 10.1. The minimum absolute atomic E-state index is 0.144. The summed E-state index contributed by atoms with van der Waals surface area (Å²) in [6.45, 7) is 0. The molecule has 0 spiro atoms. The summed E-state index contributed by atoms with van der Waals surface area (Å²) in [6.07, 6.45) is 0. The van der Waals surface area contributed by atoms with Crippen molar-refractivity contribution in [3.63, 3.8) is 0 Å². The van der Waals surface area contributed by atoms with Crippen LogP contribution in [0.4, 0.5) is 5.69 Å². The number of carbonyl (C=O) groups is 1. The Morgan fingerprint density at radius 3 is 2.45 bits per heavy atom. The Labute approximate surface area is 192 Å². The molecule has 3 aromatic heterocycles. The normalized spacial score (nSPS) is 10.5. The number of ether oxygens (including phenoxy) is 1. The van der Waals surface area contributed by atoms with Crippen molar-refractivity contribution in [3.8, 4) is 32.8 Å². The summed E-state index contributed by atoms with van der Waals surface area (Å²) < 4.78 is 5.13. The maximum Gasteiger partial charge on any atom is 0.234 e. The molecule has 31 heavy (non-hydrogen) atoms. The van der Waals surface area contributed by atoms with E-state index >= 15 is 0 Å². The fraction of sp³-hybridized carbons (Fsp3) is 0.0870. The maximum atomic E-state index is 12.5. The van der Waals surface area contributed by atoms with Crippen LogP contribution in [0.1, 0.15) is 5.56 Å². The molecule has 0 bridgehead atoms. The van der Waals surface area contributed by atoms with Crippen molar-refractivity contribution >= 4 is 46.0 Å². The van der Waals surface area contributed by atoms with E-state index in [0.717, 1.165) is 26.8 Å². The van der Waals surface area contributed by atoms with Gasteiger partial charge in [-0.05, 0) is 53.2 Å². The van der Waals surface area contributed by atoms with Gasteiger partial charge in [-0.15, -0.1) is 22.7 Å². The summed E-state index contributed by atoms with van der Waals surface area (Å²) in [5.74, 6) is 0.702. The molecule has 0 fully saturated rings. The molecular formula is C23H17N3O2S3. The fourth-order valence-electron chi connectivity index (χ4n) is 2.92. The van der Waals surface area contributed by atoms with Gasteiger partial charge in [0.05, 0.1) is 29.0 Å². The average molecular weight is 464 g/mol. The van der Waals surface area contributed by atoms with E-state index in [9.17, 15) is 10.1 Å². The number of thiophene rings is 2. The number of amides is 1. The second-order valence-corrected chi connectivity index (χ2v) is 9.23. The lowest BCUT2D eigenvalue weighted by Gasteiger charge is -2.11. The molecule has 1 amide bonds. The third-order valence-electron chi connectivity index (χ3n) is 4.37. The van der Waals surface area contributed by atoms with Gasteiger partial charge in [0, 0.05) is 16.1 Å². The maximum absolute atomic E-state index is 12.5. The Hall–Kier alpha value is -3.12. The molecule has 4 aromatic rings. The monoisotopic (exact) mass is 463 g/mol. The van der Waals surface area contributed by atoms with Gasteiger partial charge in [0.25, 0.3) is 0 Å². The Bertz CT molecular complexity index is 1210. The van der Waals surface area contributed by atoms with Gasteiger partial charge in [-0.3, -0.25) is 4.79 Å². The highest BCUT2D eigenvalue weighted by atomic mass is 32.2. The molecule has 0 aliphatic rings. The second-order valence-electron chi connectivity index (χ2n) is 6.37. The Morgan fingerprint density at radius 1 is 1.13 bits per heavy atom. The van der Waals surface area contributed by atoms with Gasteiger partial charge in [0.2, 0.25) is 5.91 Å². The topological polar surface area (TPSA) is 75.0 Å². The first-order valence-corrected chi connectivity index (χ1v) is 12.0. The van der Waals surface area contributed by atoms with Crippen LogP contribution in [0.25, 0.3) is 21.0 Å². The molecular weight excluding hydrogens is 446 g/mol. The number of nitriles is 1. The number of benzene rings is 1. The molecule has 0 saturated heterocycles. The number of nitrogens with one attached hydrogen (secondary N) is 1. The number of methoxy groups -OCH3 is 1. The van der Waals surface area contributed by atoms with E-state index in [0.29, 0.717) is 16.3 Å². The predicted molar refractivity (Wildman–Crippen MR) is 128 cm³/mol. The van der Waals surface area contributed by atoms with Gasteiger partial charge >= 0.3 is 0 Å². The minimum atomic E-state index is -0.167. The number of carbonyl (C=O) groups excluding carboxylic acids is 1. The highest BCUT2D eigenvalue weighted by Crippen LogP contribution is 2.37. The lowest BCUT2D eigenvalue weighted by molar-refractivity contribution is -0.113. The molecule has 154 valence electrons. The van der Waals surface area contributed by atoms with Gasteiger partial charge in [-0.1, -0.05) is 23.9 Å². The van der Waals surface area contributed by atoms with E-state index in [1.165, 1.54) is 11.8 Å². The van der Waals surface area contributed by atoms with Crippen LogP contribution in [0.2, 0.25) is 0 Å². The van der Waals surface area contributed by atoms with Crippen LogP contribution >= 0.6 is 34.4 Å². The number of thioether (sulfide) groups is 1. The Balaban J connectivity index is 1.59. The standard InChI is InChI=1S/C23H17N3O2S3/c1-28-16-8-6-15(7-9-16)25-22(27)14-31-23-18(13-24)17(20-4-2-10-29-20)12-19(26-23)21-5-3-11-30-21/h2-12H,14H2,1H3,(H,25,27). The zero-order valence-corrected chi connectivity index (χ0v) is 18.9. The zero-order chi connectivity index (χ0) is 21.6. The van der Waals surface area contributed by atoms with Crippen molar-refractivity contribution in [2.24, 2.45) is 0 Å². The number of aromatic nitrogens is 1. The summed E-state index contributed by atoms with van der Waals surface area (Å²) in [6, 6.07) is 19.3. The van der Waals surface area contributed by atoms with E-state index in [1.54, 1.807) is 54.0 Å². The quantitative estimate of drug-likeness (QED) is 0.333. The van der Waals surface area contributed by atoms with Gasteiger partial charge in [0.15, 0.2) is 0 Å². The molecule has 0 atom stereocenters. The van der Waals surface area contributed by atoms with Gasteiger partial charge < -0.3 is 10.1 Å². The van der Waals surface area contributed by atoms with Crippen LogP contribution in [-0.4, -0.2) is 23.8 Å². The zero-order valence-electron chi connectivity index (χ0n) is 16.5. The van der Waals surface area contributed by atoms with Crippen molar-refractivity contribution in [1.29, 1.82) is 5.26 Å². The molecule has 3 heterocycles. The minimum Gasteiger partial charge on any atom is -0.497 e. The number of hydrogen-bond donors (Lipinski definition) is 1. The summed E-state index contributed by atoms with van der Waals surface area (Å²) in [5, 5.41) is 17.3. The fourth-order valence-corrected chi connectivity index (χ4v) is 5.15. The van der Waals surface area contributed by atoms with Gasteiger partial charge in [0.1, 0.15) is 16.8 Å². The largest absolute Gasteiger partial charge is 0.497 e. The summed E-state index contributed by atoms with van der Waals surface area (Å²) >= 11 is 4.44. The van der Waals surface area contributed by atoms with Gasteiger partial charge in [-0.2, -0.15) is 5.26 Å². The van der Waals surface area contributed by atoms with Crippen LogP contribution in [0.5, 0.6) is 5.75 Å². The van der Waals surface area contributed by atoms with Gasteiger partial charge in [-0.25, -0.2) is 4.98 Å². The van der Waals surface area contributed by atoms with Crippen molar-refractivity contribution in [2.45, 2.75) is 5.03 Å². The summed E-state index contributed by atoms with van der Waals surface area (Å²) in [5.41, 5.74) is 2.82. The van der Waals surface area contributed by atoms with Crippen LogP contribution < -0.4 is 10.1 Å².